The standard InChI is InChI=1S/C16H24N2O3/c1-6-16(4,14(19)20)10-17-15(21)18(5)13-8-7-11(2)9-12(13)3/h7-9H,6,10H2,1-5H3,(H,17,21)(H,19,20). The first-order chi connectivity index (χ1) is 9.71. The number of anilines is 1. The summed E-state index contributed by atoms with van der Waals surface area (Å²) in [5.41, 5.74) is 2.00. The molecule has 0 aliphatic carbocycles. The summed E-state index contributed by atoms with van der Waals surface area (Å²) in [5.74, 6) is -0.903. The molecule has 0 radical (unpaired) electrons. The topological polar surface area (TPSA) is 69.6 Å². The van der Waals surface area contributed by atoms with E-state index < -0.39 is 11.4 Å². The van der Waals surface area contributed by atoms with E-state index in [1.54, 1.807) is 20.9 Å². The van der Waals surface area contributed by atoms with Crippen molar-refractivity contribution in [2.75, 3.05) is 18.5 Å². The van der Waals surface area contributed by atoms with Crippen LogP contribution >= 0.6 is 0 Å². The quantitative estimate of drug-likeness (QED) is 0.876. The number of hydrogen-bond donors (Lipinski definition) is 2. The van der Waals surface area contributed by atoms with Crippen molar-refractivity contribution in [2.24, 2.45) is 5.41 Å². The maximum Gasteiger partial charge on any atom is 0.321 e. The van der Waals surface area contributed by atoms with Gasteiger partial charge in [-0.05, 0) is 38.8 Å². The summed E-state index contributed by atoms with van der Waals surface area (Å²) in [7, 11) is 1.68. The number of nitrogens with one attached hydrogen (secondary N) is 1. The normalized spacial score (nSPS) is 13.4. The Balaban J connectivity index is 2.78. The predicted octanol–water partition coefficient (Wildman–Crippen LogP) is 2.95. The molecule has 0 aromatic heterocycles. The molecule has 1 atom stereocenters. The highest BCUT2D eigenvalue weighted by Crippen LogP contribution is 2.22. The number of hydrogen-bond acceptors (Lipinski definition) is 2. The molecule has 5 heteroatoms. The van der Waals surface area contributed by atoms with E-state index in [4.69, 9.17) is 0 Å². The second kappa shape index (κ2) is 6.61. The van der Waals surface area contributed by atoms with Crippen LogP contribution < -0.4 is 10.2 Å². The fourth-order valence-electron chi connectivity index (χ4n) is 2.03. The van der Waals surface area contributed by atoms with Gasteiger partial charge in [0, 0.05) is 19.3 Å². The fraction of sp³-hybridized carbons (Fsp3) is 0.500. The summed E-state index contributed by atoms with van der Waals surface area (Å²) in [5, 5.41) is 11.9. The van der Waals surface area contributed by atoms with Crippen LogP contribution in [0, 0.1) is 19.3 Å². The van der Waals surface area contributed by atoms with Gasteiger partial charge in [0.1, 0.15) is 0 Å². The summed E-state index contributed by atoms with van der Waals surface area (Å²) in [6.07, 6.45) is 0.454. The Morgan fingerprint density at radius 1 is 1.33 bits per heavy atom. The van der Waals surface area contributed by atoms with Gasteiger partial charge in [0.2, 0.25) is 0 Å². The summed E-state index contributed by atoms with van der Waals surface area (Å²) < 4.78 is 0. The van der Waals surface area contributed by atoms with Gasteiger partial charge >= 0.3 is 12.0 Å². The Bertz CT molecular complexity index is 542. The van der Waals surface area contributed by atoms with E-state index in [1.165, 1.54) is 4.90 Å². The molecule has 1 aromatic rings. The van der Waals surface area contributed by atoms with Crippen molar-refractivity contribution in [1.82, 2.24) is 5.32 Å². The highest BCUT2D eigenvalue weighted by atomic mass is 16.4. The van der Waals surface area contributed by atoms with Gasteiger partial charge in [-0.25, -0.2) is 4.79 Å². The highest BCUT2D eigenvalue weighted by molar-refractivity contribution is 5.92. The molecular formula is C16H24N2O3. The number of urea groups is 1. The predicted molar refractivity (Wildman–Crippen MR) is 83.8 cm³/mol. The highest BCUT2D eigenvalue weighted by Gasteiger charge is 2.31. The first-order valence-electron chi connectivity index (χ1n) is 7.03. The number of aliphatic carboxylic acids is 1. The third-order valence-corrected chi connectivity index (χ3v) is 3.94. The molecule has 5 nitrogen and oxygen atoms in total. The van der Waals surface area contributed by atoms with Gasteiger partial charge in [0.05, 0.1) is 5.41 Å². The molecule has 0 saturated carbocycles. The lowest BCUT2D eigenvalue weighted by atomic mass is 9.88. The molecule has 0 heterocycles. The number of carboxylic acids is 1. The van der Waals surface area contributed by atoms with Gasteiger partial charge in [-0.1, -0.05) is 24.6 Å². The van der Waals surface area contributed by atoms with Gasteiger partial charge in [-0.3, -0.25) is 9.69 Å². The Kier molecular flexibility index (Phi) is 5.35. The number of carbonyl (C=O) groups excluding carboxylic acids is 1. The van der Waals surface area contributed by atoms with Crippen LogP contribution in [-0.4, -0.2) is 30.7 Å². The lowest BCUT2D eigenvalue weighted by Gasteiger charge is -2.26. The van der Waals surface area contributed by atoms with Crippen molar-refractivity contribution in [3.05, 3.63) is 29.3 Å². The Hall–Kier alpha value is -2.04. The van der Waals surface area contributed by atoms with Gasteiger partial charge < -0.3 is 10.4 Å². The average Bonchev–Trinajstić information content (AvgIpc) is 2.43. The second-order valence-electron chi connectivity index (χ2n) is 5.73. The zero-order valence-corrected chi connectivity index (χ0v) is 13.4. The Morgan fingerprint density at radius 3 is 2.43 bits per heavy atom. The van der Waals surface area contributed by atoms with Crippen molar-refractivity contribution in [3.8, 4) is 0 Å². The number of rotatable bonds is 5. The summed E-state index contributed by atoms with van der Waals surface area (Å²) in [6.45, 7) is 7.48. The largest absolute Gasteiger partial charge is 0.481 e. The number of carbonyl (C=O) groups is 2. The van der Waals surface area contributed by atoms with Crippen molar-refractivity contribution in [3.63, 3.8) is 0 Å². The van der Waals surface area contributed by atoms with E-state index in [9.17, 15) is 14.7 Å². The first-order valence-corrected chi connectivity index (χ1v) is 7.03. The molecule has 116 valence electrons. The van der Waals surface area contributed by atoms with Crippen LogP contribution in [0.5, 0.6) is 0 Å². The zero-order valence-electron chi connectivity index (χ0n) is 13.4. The van der Waals surface area contributed by atoms with Crippen LogP contribution in [0.3, 0.4) is 0 Å². The minimum absolute atomic E-state index is 0.104. The van der Waals surface area contributed by atoms with E-state index >= 15 is 0 Å². The first kappa shape index (κ1) is 17.0. The van der Waals surface area contributed by atoms with Crippen molar-refractivity contribution in [2.45, 2.75) is 34.1 Å². The second-order valence-corrected chi connectivity index (χ2v) is 5.73. The van der Waals surface area contributed by atoms with Crippen molar-refractivity contribution in [1.29, 1.82) is 0 Å². The van der Waals surface area contributed by atoms with Crippen LogP contribution in [0.1, 0.15) is 31.4 Å². The van der Waals surface area contributed by atoms with E-state index in [0.29, 0.717) is 6.42 Å². The van der Waals surface area contributed by atoms with Gasteiger partial charge in [0.25, 0.3) is 0 Å². The minimum Gasteiger partial charge on any atom is -0.481 e. The minimum atomic E-state index is -0.946. The lowest BCUT2D eigenvalue weighted by molar-refractivity contribution is -0.147. The molecule has 0 bridgehead atoms. The van der Waals surface area contributed by atoms with Crippen LogP contribution in [0.2, 0.25) is 0 Å². The van der Waals surface area contributed by atoms with E-state index in [-0.39, 0.29) is 12.6 Å². The maximum absolute atomic E-state index is 12.2. The molecule has 1 aromatic carbocycles. The van der Waals surface area contributed by atoms with Gasteiger partial charge in [-0.15, -0.1) is 0 Å². The smallest absolute Gasteiger partial charge is 0.321 e. The Morgan fingerprint density at radius 2 is 1.95 bits per heavy atom. The van der Waals surface area contributed by atoms with E-state index in [2.05, 4.69) is 5.32 Å². The van der Waals surface area contributed by atoms with Gasteiger partial charge in [0.15, 0.2) is 0 Å². The molecular weight excluding hydrogens is 268 g/mol. The molecule has 2 N–H and O–H groups in total. The van der Waals surface area contributed by atoms with E-state index in [1.807, 2.05) is 32.0 Å². The summed E-state index contributed by atoms with van der Waals surface area (Å²) in [6, 6.07) is 5.54. The van der Waals surface area contributed by atoms with Crippen molar-refractivity contribution >= 4 is 17.7 Å². The zero-order chi connectivity index (χ0) is 16.2. The fourth-order valence-corrected chi connectivity index (χ4v) is 2.03. The lowest BCUT2D eigenvalue weighted by Crippen LogP contribution is -2.45. The third kappa shape index (κ3) is 3.97. The molecule has 0 aliphatic rings. The third-order valence-electron chi connectivity index (χ3n) is 3.94. The molecule has 2 amide bonds. The molecule has 0 saturated heterocycles. The monoisotopic (exact) mass is 292 g/mol. The SMILES string of the molecule is CCC(C)(CNC(=O)N(C)c1ccc(C)cc1C)C(=O)O. The summed E-state index contributed by atoms with van der Waals surface area (Å²) in [4.78, 5) is 24.9. The summed E-state index contributed by atoms with van der Waals surface area (Å²) >= 11 is 0. The van der Waals surface area contributed by atoms with Crippen LogP contribution in [-0.2, 0) is 4.79 Å². The Labute approximate surface area is 126 Å². The number of amides is 2. The number of aryl methyl sites for hydroxylation is 2. The van der Waals surface area contributed by atoms with Crippen LogP contribution in [0.4, 0.5) is 10.5 Å². The molecule has 1 rings (SSSR count). The average molecular weight is 292 g/mol. The van der Waals surface area contributed by atoms with Crippen molar-refractivity contribution < 1.29 is 14.7 Å². The molecule has 0 aliphatic heterocycles. The number of carboxylic acid groups (broad SMARTS) is 1. The van der Waals surface area contributed by atoms with Crippen LogP contribution in [0.15, 0.2) is 18.2 Å². The molecule has 0 spiro atoms. The van der Waals surface area contributed by atoms with E-state index in [0.717, 1.165) is 16.8 Å². The number of benzene rings is 1. The molecule has 0 fully saturated rings. The molecule has 21 heavy (non-hydrogen) atoms. The maximum atomic E-state index is 12.2. The van der Waals surface area contributed by atoms with Crippen LogP contribution in [0.25, 0.3) is 0 Å². The molecule has 1 unspecified atom stereocenters. The number of nitrogens with zero attached hydrogens (tertiary/aromatic N) is 1. The van der Waals surface area contributed by atoms with Gasteiger partial charge in [-0.2, -0.15) is 0 Å².